The van der Waals surface area contributed by atoms with Crippen molar-refractivity contribution in [3.63, 3.8) is 0 Å². The van der Waals surface area contributed by atoms with E-state index >= 15 is 0 Å². The number of carbonyl (C=O) groups is 7. The zero-order valence-corrected chi connectivity index (χ0v) is 89.6. The maximum atomic E-state index is 11.9. The zero-order valence-electron chi connectivity index (χ0n) is 85.1. The van der Waals surface area contributed by atoms with E-state index in [1.165, 1.54) is 0 Å². The second kappa shape index (κ2) is 83.6. The van der Waals surface area contributed by atoms with Gasteiger partial charge in [-0.15, -0.1) is 0 Å². The monoisotopic (exact) mass is 2010 g/mol. The quantitative estimate of drug-likeness (QED) is 0.0153. The average molecular weight is 2010 g/mol. The summed E-state index contributed by atoms with van der Waals surface area (Å²) < 4.78 is 135. The van der Waals surface area contributed by atoms with Crippen molar-refractivity contribution in [2.45, 2.75) is 326 Å². The number of unbranched alkanes of at least 4 members (excludes halogenated alkanes) is 2. The molecule has 0 aromatic rings. The minimum absolute atomic E-state index is 0.0354. The average Bonchev–Trinajstić information content (AvgIpc) is 0.855. The molecule has 0 radical (unpaired) electrons. The number of amides is 5. The van der Waals surface area contributed by atoms with Gasteiger partial charge < -0.3 is 89.3 Å². The number of nitrogens with one attached hydrogen (secondary N) is 5. The van der Waals surface area contributed by atoms with Crippen LogP contribution in [0.5, 0.6) is 0 Å². The van der Waals surface area contributed by atoms with Crippen LogP contribution in [0.15, 0.2) is 0 Å². The number of nitrogens with zero attached hydrogens (tertiary/aromatic N) is 1. The summed E-state index contributed by atoms with van der Waals surface area (Å²) in [5.41, 5.74) is 0. The summed E-state index contributed by atoms with van der Waals surface area (Å²) in [6.45, 7) is 55.8. The second-order valence-electron chi connectivity index (χ2n) is 35.9. The first kappa shape index (κ1) is 140. The van der Waals surface area contributed by atoms with Crippen LogP contribution in [0.1, 0.15) is 284 Å². The molecular weight excluding hydrogens is 1830 g/mol. The molecule has 6 atom stereocenters. The second-order valence-corrected chi connectivity index (χ2v) is 43.0. The van der Waals surface area contributed by atoms with Crippen LogP contribution in [0.2, 0.25) is 0 Å². The molecule has 0 spiro atoms. The summed E-state index contributed by atoms with van der Waals surface area (Å²) in [5.74, 6) is 2.51. The summed E-state index contributed by atoms with van der Waals surface area (Å²) >= 11 is 0. The topological polar surface area (TPSA) is 558 Å². The number of rotatable bonds is 68. The number of Topliss-reactive ketones (excluding diaryl/α,β-unsaturated/α-hetero) is 2. The third-order valence-electron chi connectivity index (χ3n) is 16.4. The van der Waals surface area contributed by atoms with Gasteiger partial charge in [-0.2, -0.15) is 0 Å². The highest BCUT2D eigenvalue weighted by Gasteiger charge is 2.32. The van der Waals surface area contributed by atoms with Gasteiger partial charge in [0, 0.05) is 113 Å². The van der Waals surface area contributed by atoms with Crippen molar-refractivity contribution in [2.24, 2.45) is 59.2 Å². The van der Waals surface area contributed by atoms with E-state index in [9.17, 15) is 86.0 Å². The number of likely N-dealkylation sites (tertiary alicyclic amines) is 1. The molecule has 41 nitrogen and oxygen atoms in total. The highest BCUT2D eigenvalue weighted by molar-refractivity contribution is 7.48. The van der Waals surface area contributed by atoms with Crippen molar-refractivity contribution >= 4 is 80.2 Å². The Bertz CT molecular complexity index is 3110. The van der Waals surface area contributed by atoms with Gasteiger partial charge >= 0.3 is 39.1 Å². The predicted octanol–water partition coefficient (Wildman–Crippen LogP) is 14.2. The number of phosphoric acid groups is 5. The van der Waals surface area contributed by atoms with E-state index in [0.717, 1.165) is 38.8 Å². The third kappa shape index (κ3) is 103. The van der Waals surface area contributed by atoms with Crippen LogP contribution in [-0.4, -0.2) is 256 Å². The van der Waals surface area contributed by atoms with Gasteiger partial charge in [-0.25, -0.2) is 22.8 Å². The lowest BCUT2D eigenvalue weighted by Crippen LogP contribution is -2.41. The Kier molecular flexibility index (Phi) is 88.5. The summed E-state index contributed by atoms with van der Waals surface area (Å²) in [7, 11) is -20.5. The molecule has 12 N–H and O–H groups in total. The Morgan fingerprint density at radius 1 is 0.364 bits per heavy atom. The van der Waals surface area contributed by atoms with Gasteiger partial charge in [0.05, 0.1) is 103 Å². The lowest BCUT2D eigenvalue weighted by atomic mass is 10.0. The van der Waals surface area contributed by atoms with Crippen LogP contribution in [-0.2, 0) is 130 Å². The number of ketones is 2. The van der Waals surface area contributed by atoms with Gasteiger partial charge in [0.1, 0.15) is 18.4 Å². The number of aliphatic hydroxyl groups is 2. The van der Waals surface area contributed by atoms with Gasteiger partial charge in [0.25, 0.3) is 0 Å². The maximum absolute atomic E-state index is 11.9. The van der Waals surface area contributed by atoms with E-state index in [2.05, 4.69) is 90.7 Å². The van der Waals surface area contributed by atoms with E-state index < -0.39 is 89.8 Å². The first-order chi connectivity index (χ1) is 61.1. The predicted molar refractivity (Wildman–Crippen MR) is 506 cm³/mol. The van der Waals surface area contributed by atoms with E-state index in [1.54, 1.807) is 60.3 Å². The number of piperidine rings is 1. The molecule has 1 fully saturated rings. The Labute approximate surface area is 791 Å². The first-order valence-corrected chi connectivity index (χ1v) is 53.7. The molecule has 5 amide bonds. The highest BCUT2D eigenvalue weighted by Crippen LogP contribution is 2.48. The Morgan fingerprint density at radius 2 is 0.742 bits per heavy atom. The highest BCUT2D eigenvalue weighted by atomic mass is 31.2. The fourth-order valence-electron chi connectivity index (χ4n) is 9.44. The molecule has 1 aliphatic heterocycles. The standard InChI is InChI=1S/C14H28NO6P.C14H28NO5P.C14H27NO2.C12H28O11P2.C12H27O8P.C11H23NO2.C9H20N2O/c1-11(2)13(16)7-5-6-8-14(17)15-9-10-20-22(18,19)21-12(3)4;1-11(2)9-14(16)15-7-5-13(6-8-15)20-21(17,18)19-10-12(3)4;1-11(2)9-10-15-14(17)8-6-5-7-13(16)12(3)4;1-10(2)22-24(14,15)20-8-18-6-12(5-13)7-19-9-21-25(16,17)23-11(3)4;1-10(2)18-8-16-6-12(5-13)7-17-9-19-21(14,15)20-11(3)4;1-9(2)5-7-14-8-6-12-11(13)10(3)4;1-7(2)5-9(12)11-6-10-8(3)4/h11-12H,5-10H2,1-4H3,(H,15,17)(H,18,19);11-13H,5-10H2,1-4H3,(H,17,18);11-12H,5-10H2,1-4H3,(H,15,17);10-13H,5-9H2,1-4H3,(H,14,15)(H,16,17);10-13H,5-9H2,1-4H3,(H,14,15);9-10H,5-8H2,1-4H3,(H,12,13);7-8,10H,5-6H2,1-4H3,(H,11,12). The minimum atomic E-state index is -4.19. The molecule has 1 rings (SSSR count). The lowest BCUT2D eigenvalue weighted by Gasteiger charge is -2.32. The molecule has 1 aliphatic rings. The Balaban J connectivity index is -0.000000355. The molecule has 0 saturated carbocycles. The van der Waals surface area contributed by atoms with Crippen molar-refractivity contribution in [2.75, 3.05) is 133 Å². The molecule has 0 aliphatic carbocycles. The summed E-state index contributed by atoms with van der Waals surface area (Å²) in [6, 6.07) is 0.421. The number of hydrogen-bond donors (Lipinski definition) is 12. The summed E-state index contributed by atoms with van der Waals surface area (Å²) in [5, 5.41) is 32.5. The minimum Gasteiger partial charge on any atom is -0.396 e. The van der Waals surface area contributed by atoms with Crippen molar-refractivity contribution in [3.05, 3.63) is 0 Å². The molecule has 1 saturated heterocycles. The molecule has 6 unspecified atom stereocenters. The summed E-state index contributed by atoms with van der Waals surface area (Å²) in [4.78, 5) is 128. The Morgan fingerprint density at radius 3 is 1.09 bits per heavy atom. The normalized spacial score (nSPS) is 15.2. The molecule has 0 aromatic carbocycles. The fourth-order valence-corrected chi connectivity index (χ4v) is 13.9. The van der Waals surface area contributed by atoms with E-state index in [0.29, 0.717) is 133 Å². The molecular formula is C86H181N6O35P5. The smallest absolute Gasteiger partial charge is 0.396 e. The van der Waals surface area contributed by atoms with Gasteiger partial charge in [-0.1, -0.05) is 111 Å². The van der Waals surface area contributed by atoms with Crippen molar-refractivity contribution in [1.82, 2.24) is 31.5 Å². The first-order valence-electron chi connectivity index (χ1n) is 46.2. The van der Waals surface area contributed by atoms with Crippen molar-refractivity contribution in [1.29, 1.82) is 0 Å². The molecule has 0 bridgehead atoms. The van der Waals surface area contributed by atoms with Crippen molar-refractivity contribution < 1.29 is 165 Å². The molecule has 132 heavy (non-hydrogen) atoms. The largest absolute Gasteiger partial charge is 0.474 e. The third-order valence-corrected chi connectivity index (χ3v) is 22.0. The van der Waals surface area contributed by atoms with Crippen LogP contribution < -0.4 is 26.6 Å². The number of ether oxygens (including phenoxy) is 6. The number of phosphoric ester groups is 5. The number of carbonyl (C=O) groups excluding carboxylic acids is 7. The van der Waals surface area contributed by atoms with Crippen LogP contribution in [0.4, 0.5) is 0 Å². The van der Waals surface area contributed by atoms with Crippen molar-refractivity contribution in [3.8, 4) is 0 Å². The zero-order chi connectivity index (χ0) is 103. The van der Waals surface area contributed by atoms with Crippen LogP contribution >= 0.6 is 39.1 Å². The Hall–Kier alpha value is -3.12. The van der Waals surface area contributed by atoms with Gasteiger partial charge in [-0.3, -0.25) is 84.1 Å². The molecule has 46 heteroatoms. The number of aliphatic hydroxyl groups excluding tert-OH is 2. The van der Waals surface area contributed by atoms with Gasteiger partial charge in [-0.05, 0) is 164 Å². The van der Waals surface area contributed by atoms with E-state index in [1.807, 2.05) is 96.9 Å². The van der Waals surface area contributed by atoms with Gasteiger partial charge in [0.15, 0.2) is 20.4 Å². The molecule has 0 aromatic heterocycles. The number of hydrogen-bond acceptors (Lipinski definition) is 31. The van der Waals surface area contributed by atoms with Gasteiger partial charge in [0.2, 0.25) is 29.5 Å². The lowest BCUT2D eigenvalue weighted by molar-refractivity contribution is -0.134. The summed E-state index contributed by atoms with van der Waals surface area (Å²) in [6.07, 6.45) is 7.26. The van der Waals surface area contributed by atoms with E-state index in [-0.39, 0.29) is 143 Å². The SMILES string of the molecule is CC(C)CC(=O)NCNC(C)C.CC(C)CCNC(=O)CCCCC(=O)C(C)C.CC(C)CCOCCNC(=O)C(C)C.CC(C)COP(=O)(O)OC1CCN(C(=O)CC(C)C)CC1.CC(C)OCOCC(CO)COCOP(=O)(O)OC(C)C.CC(C)OP(=O)(O)OCCNC(=O)CCCCC(=O)C(C)C.CC(C)OP(=O)(O)OCOCC(CO)COCOP(=O)(O)OC(C)C. The molecule has 1 heterocycles. The maximum Gasteiger partial charge on any atom is 0.474 e. The van der Waals surface area contributed by atoms with Crippen LogP contribution in [0.25, 0.3) is 0 Å². The van der Waals surface area contributed by atoms with Crippen LogP contribution in [0, 0.1) is 59.2 Å². The molecule has 790 valence electrons. The van der Waals surface area contributed by atoms with Crippen LogP contribution in [0.3, 0.4) is 0 Å². The fraction of sp³-hybridized carbons (Fsp3) is 0.919. The van der Waals surface area contributed by atoms with E-state index in [4.69, 9.17) is 56.1 Å².